The molecule has 4 nitrogen and oxygen atoms in total. The topological polar surface area (TPSA) is 41.6 Å². The van der Waals surface area contributed by atoms with Crippen molar-refractivity contribution < 1.29 is 9.53 Å². The molecule has 138 valence electrons. The Morgan fingerprint density at radius 1 is 1.12 bits per heavy atom. The summed E-state index contributed by atoms with van der Waals surface area (Å²) >= 11 is 0. The molecule has 1 aliphatic rings. The number of esters is 1. The van der Waals surface area contributed by atoms with E-state index in [9.17, 15) is 4.79 Å². The fourth-order valence-electron chi connectivity index (χ4n) is 3.56. The van der Waals surface area contributed by atoms with Crippen LogP contribution in [0.1, 0.15) is 18.9 Å². The van der Waals surface area contributed by atoms with Crippen LogP contribution >= 0.6 is 0 Å². The molecular formula is C22H28N2O2. The van der Waals surface area contributed by atoms with Crippen LogP contribution < -0.4 is 5.32 Å². The lowest BCUT2D eigenvalue weighted by molar-refractivity contribution is -0.150. The number of ether oxygens (including phenoxy) is 1. The molecule has 2 atom stereocenters. The lowest BCUT2D eigenvalue weighted by Crippen LogP contribution is -2.50. The SMILES string of the molecule is CCOC(=O)[C@@H]1CN(CCc2ccccc2)CC[C@@H]1Nc1ccccc1. The van der Waals surface area contributed by atoms with Crippen LogP contribution in [0, 0.1) is 5.92 Å². The summed E-state index contributed by atoms with van der Waals surface area (Å²) in [6.07, 6.45) is 1.94. The molecule has 1 heterocycles. The van der Waals surface area contributed by atoms with E-state index in [4.69, 9.17) is 4.74 Å². The van der Waals surface area contributed by atoms with Gasteiger partial charge in [0.05, 0.1) is 12.5 Å². The lowest BCUT2D eigenvalue weighted by atomic mass is 9.91. The Hall–Kier alpha value is -2.33. The maximum absolute atomic E-state index is 12.5. The van der Waals surface area contributed by atoms with Crippen LogP contribution in [-0.4, -0.2) is 43.2 Å². The Morgan fingerprint density at radius 2 is 1.81 bits per heavy atom. The largest absolute Gasteiger partial charge is 0.466 e. The highest BCUT2D eigenvalue weighted by molar-refractivity contribution is 5.74. The van der Waals surface area contributed by atoms with Crippen LogP contribution in [0.2, 0.25) is 0 Å². The van der Waals surface area contributed by atoms with Crippen molar-refractivity contribution in [2.75, 3.05) is 31.6 Å². The van der Waals surface area contributed by atoms with Crippen molar-refractivity contribution in [3.63, 3.8) is 0 Å². The van der Waals surface area contributed by atoms with Gasteiger partial charge in [-0.05, 0) is 37.5 Å². The second-order valence-corrected chi connectivity index (χ2v) is 6.80. The van der Waals surface area contributed by atoms with E-state index in [0.29, 0.717) is 6.61 Å². The van der Waals surface area contributed by atoms with E-state index in [1.807, 2.05) is 43.3 Å². The van der Waals surface area contributed by atoms with Gasteiger partial charge < -0.3 is 15.0 Å². The van der Waals surface area contributed by atoms with Crippen LogP contribution in [0.4, 0.5) is 5.69 Å². The zero-order chi connectivity index (χ0) is 18.2. The van der Waals surface area contributed by atoms with Crippen molar-refractivity contribution in [3.8, 4) is 0 Å². The number of carbonyl (C=O) groups is 1. The minimum Gasteiger partial charge on any atom is -0.466 e. The summed E-state index contributed by atoms with van der Waals surface area (Å²) in [5, 5.41) is 3.54. The molecule has 26 heavy (non-hydrogen) atoms. The third-order valence-electron chi connectivity index (χ3n) is 4.97. The average molecular weight is 352 g/mol. The summed E-state index contributed by atoms with van der Waals surface area (Å²) in [6.45, 7) is 5.01. The fourth-order valence-corrected chi connectivity index (χ4v) is 3.56. The minimum absolute atomic E-state index is 0.0923. The Balaban J connectivity index is 1.62. The zero-order valence-corrected chi connectivity index (χ0v) is 15.4. The van der Waals surface area contributed by atoms with E-state index >= 15 is 0 Å². The number of anilines is 1. The molecule has 0 saturated carbocycles. The number of piperidine rings is 1. The number of likely N-dealkylation sites (tertiary alicyclic amines) is 1. The third-order valence-corrected chi connectivity index (χ3v) is 4.97. The summed E-state index contributed by atoms with van der Waals surface area (Å²) < 4.78 is 5.35. The predicted octanol–water partition coefficient (Wildman–Crippen LogP) is 3.59. The number of para-hydroxylation sites is 1. The number of hydrogen-bond acceptors (Lipinski definition) is 4. The normalized spacial score (nSPS) is 20.5. The first-order valence-electron chi connectivity index (χ1n) is 9.50. The molecule has 2 aromatic carbocycles. The van der Waals surface area contributed by atoms with Crippen molar-refractivity contribution in [3.05, 3.63) is 66.2 Å². The molecule has 3 rings (SSSR count). The quantitative estimate of drug-likeness (QED) is 0.773. The van der Waals surface area contributed by atoms with Gasteiger partial charge in [0.25, 0.3) is 0 Å². The van der Waals surface area contributed by atoms with Crippen LogP contribution in [0.5, 0.6) is 0 Å². The van der Waals surface area contributed by atoms with Gasteiger partial charge in [-0.2, -0.15) is 0 Å². The number of benzene rings is 2. The van der Waals surface area contributed by atoms with E-state index in [1.165, 1.54) is 5.56 Å². The maximum atomic E-state index is 12.5. The number of nitrogens with zero attached hydrogens (tertiary/aromatic N) is 1. The second-order valence-electron chi connectivity index (χ2n) is 6.80. The van der Waals surface area contributed by atoms with Gasteiger partial charge in [-0.15, -0.1) is 0 Å². The predicted molar refractivity (Wildman–Crippen MR) is 105 cm³/mol. The van der Waals surface area contributed by atoms with Gasteiger partial charge >= 0.3 is 5.97 Å². The highest BCUT2D eigenvalue weighted by atomic mass is 16.5. The Morgan fingerprint density at radius 3 is 2.50 bits per heavy atom. The van der Waals surface area contributed by atoms with Crippen LogP contribution in [-0.2, 0) is 16.0 Å². The van der Waals surface area contributed by atoms with E-state index in [-0.39, 0.29) is 17.9 Å². The van der Waals surface area contributed by atoms with Gasteiger partial charge in [0, 0.05) is 31.4 Å². The van der Waals surface area contributed by atoms with Crippen molar-refractivity contribution >= 4 is 11.7 Å². The average Bonchev–Trinajstić information content (AvgIpc) is 2.69. The second kappa shape index (κ2) is 9.39. The first kappa shape index (κ1) is 18.5. The van der Waals surface area contributed by atoms with Gasteiger partial charge in [0.2, 0.25) is 0 Å². The van der Waals surface area contributed by atoms with Gasteiger partial charge in [-0.3, -0.25) is 4.79 Å². The fraction of sp³-hybridized carbons (Fsp3) is 0.409. The van der Waals surface area contributed by atoms with Crippen LogP contribution in [0.3, 0.4) is 0 Å². The molecule has 1 aliphatic heterocycles. The highest BCUT2D eigenvalue weighted by Gasteiger charge is 2.35. The lowest BCUT2D eigenvalue weighted by Gasteiger charge is -2.38. The molecule has 0 radical (unpaired) electrons. The van der Waals surface area contributed by atoms with Crippen molar-refractivity contribution in [1.82, 2.24) is 4.90 Å². The van der Waals surface area contributed by atoms with Gasteiger partial charge in [-0.1, -0.05) is 48.5 Å². The molecule has 2 aromatic rings. The Kier molecular flexibility index (Phi) is 6.67. The molecule has 1 fully saturated rings. The molecule has 1 saturated heterocycles. The van der Waals surface area contributed by atoms with Gasteiger partial charge in [-0.25, -0.2) is 0 Å². The van der Waals surface area contributed by atoms with E-state index in [0.717, 1.165) is 38.2 Å². The Labute approximate surface area is 156 Å². The van der Waals surface area contributed by atoms with Gasteiger partial charge in [0.1, 0.15) is 0 Å². The van der Waals surface area contributed by atoms with Crippen LogP contribution in [0.25, 0.3) is 0 Å². The number of hydrogen-bond donors (Lipinski definition) is 1. The molecule has 0 bridgehead atoms. The van der Waals surface area contributed by atoms with E-state index in [1.54, 1.807) is 0 Å². The molecule has 0 aromatic heterocycles. The molecule has 0 spiro atoms. The molecule has 4 heteroatoms. The van der Waals surface area contributed by atoms with E-state index < -0.39 is 0 Å². The minimum atomic E-state index is -0.139. The van der Waals surface area contributed by atoms with Gasteiger partial charge in [0.15, 0.2) is 0 Å². The van der Waals surface area contributed by atoms with Crippen LogP contribution in [0.15, 0.2) is 60.7 Å². The summed E-state index contributed by atoms with van der Waals surface area (Å²) in [5.41, 5.74) is 2.40. The smallest absolute Gasteiger partial charge is 0.312 e. The maximum Gasteiger partial charge on any atom is 0.312 e. The van der Waals surface area contributed by atoms with Crippen molar-refractivity contribution in [1.29, 1.82) is 0 Å². The monoisotopic (exact) mass is 352 g/mol. The molecule has 0 unspecified atom stereocenters. The molecule has 1 N–H and O–H groups in total. The molecule has 0 amide bonds. The van der Waals surface area contributed by atoms with Crippen molar-refractivity contribution in [2.24, 2.45) is 5.92 Å². The summed E-state index contributed by atoms with van der Waals surface area (Å²) in [6, 6.07) is 20.7. The first-order valence-corrected chi connectivity index (χ1v) is 9.50. The molecule has 0 aliphatic carbocycles. The number of nitrogens with one attached hydrogen (secondary N) is 1. The highest BCUT2D eigenvalue weighted by Crippen LogP contribution is 2.23. The summed E-state index contributed by atoms with van der Waals surface area (Å²) in [7, 11) is 0. The van der Waals surface area contributed by atoms with Crippen molar-refractivity contribution in [2.45, 2.75) is 25.8 Å². The standard InChI is InChI=1S/C22H28N2O2/c1-2-26-22(25)20-17-24(15-13-18-9-5-3-6-10-18)16-14-21(20)23-19-11-7-4-8-12-19/h3-12,20-21,23H,2,13-17H2,1H3/t20-,21+/m1/s1. The summed E-state index contributed by atoms with van der Waals surface area (Å²) in [4.78, 5) is 14.9. The zero-order valence-electron chi connectivity index (χ0n) is 15.4. The first-order chi connectivity index (χ1) is 12.8. The number of carbonyl (C=O) groups excluding carboxylic acids is 1. The number of rotatable bonds is 7. The summed E-state index contributed by atoms with van der Waals surface area (Å²) in [5.74, 6) is -0.231. The molecular weight excluding hydrogens is 324 g/mol. The Bertz CT molecular complexity index is 675. The third kappa shape index (κ3) is 5.09. The van der Waals surface area contributed by atoms with E-state index in [2.05, 4.69) is 34.5 Å².